The predicted molar refractivity (Wildman–Crippen MR) is 355 cm³/mol. The van der Waals surface area contributed by atoms with E-state index in [1.807, 2.05) is 0 Å². The highest BCUT2D eigenvalue weighted by molar-refractivity contribution is 7.00. The van der Waals surface area contributed by atoms with Crippen LogP contribution in [0.2, 0.25) is 0 Å². The van der Waals surface area contributed by atoms with E-state index < -0.39 is 0 Å². The molecule has 0 aliphatic carbocycles. The molecule has 0 bridgehead atoms. The fraction of sp³-hybridized carbons (Fsp3) is 0.154. The van der Waals surface area contributed by atoms with E-state index in [2.05, 4.69) is 295 Å². The van der Waals surface area contributed by atoms with Crippen molar-refractivity contribution in [2.24, 2.45) is 0 Å². The lowest BCUT2D eigenvalue weighted by Gasteiger charge is -2.36. The van der Waals surface area contributed by atoms with Crippen molar-refractivity contribution in [3.8, 4) is 55.9 Å². The molecule has 0 atom stereocenters. The summed E-state index contributed by atoms with van der Waals surface area (Å²) in [4.78, 5) is 0. The molecule has 0 radical (unpaired) electrons. The smallest absolute Gasteiger partial charge is 0.247 e. The lowest BCUT2D eigenvalue weighted by molar-refractivity contribution is 0.845. The molecule has 0 saturated heterocycles. The Labute approximate surface area is 483 Å². The van der Waals surface area contributed by atoms with E-state index in [0.29, 0.717) is 23.7 Å². The van der Waals surface area contributed by atoms with Crippen molar-refractivity contribution in [2.75, 3.05) is 0 Å². The fourth-order valence-corrected chi connectivity index (χ4v) is 14.9. The Kier molecular flexibility index (Phi) is 11.9. The fourth-order valence-electron chi connectivity index (χ4n) is 14.9. The molecule has 0 unspecified atom stereocenters. The molecule has 0 amide bonds. The average molecular weight is 1050 g/mol. The van der Waals surface area contributed by atoms with Gasteiger partial charge in [0.25, 0.3) is 0 Å². The zero-order chi connectivity index (χ0) is 55.7. The van der Waals surface area contributed by atoms with Crippen molar-refractivity contribution in [3.63, 3.8) is 0 Å². The summed E-state index contributed by atoms with van der Waals surface area (Å²) < 4.78 is 5.41. The summed E-state index contributed by atoms with van der Waals surface area (Å²) >= 11 is 0. The molecule has 394 valence electrons. The van der Waals surface area contributed by atoms with Crippen molar-refractivity contribution in [1.82, 2.24) is 9.13 Å². The predicted octanol–water partition coefficient (Wildman–Crippen LogP) is 16.7. The Morgan fingerprint density at radius 1 is 0.280 bits per heavy atom. The zero-order valence-corrected chi connectivity index (χ0v) is 48.3. The Hall–Kier alpha value is -8.85. The van der Waals surface area contributed by atoms with Crippen LogP contribution in [0, 0.1) is 0 Å². The monoisotopic (exact) mass is 1050 g/mol. The largest absolute Gasteiger partial charge is 0.310 e. The number of hydrogen-bond acceptors (Lipinski definition) is 0. The number of aromatic nitrogens is 2. The van der Waals surface area contributed by atoms with Gasteiger partial charge in [0.05, 0.1) is 11.0 Å². The van der Waals surface area contributed by atoms with E-state index in [4.69, 9.17) is 0 Å². The molecule has 4 heteroatoms. The van der Waals surface area contributed by atoms with Crippen LogP contribution in [0.1, 0.15) is 101 Å². The van der Waals surface area contributed by atoms with Gasteiger partial charge in [-0.05, 0) is 149 Å². The highest BCUT2D eigenvalue weighted by Gasteiger charge is 2.43. The lowest BCUT2D eigenvalue weighted by Crippen LogP contribution is -2.61. The summed E-state index contributed by atoms with van der Waals surface area (Å²) in [6, 6.07) is 88.4. The van der Waals surface area contributed by atoms with Gasteiger partial charge < -0.3 is 9.13 Å². The molecule has 0 N–H and O–H groups in total. The first-order valence-electron chi connectivity index (χ1n) is 29.9. The molecular formula is C78H66B2N2. The average Bonchev–Trinajstić information content (AvgIpc) is 2.22. The first kappa shape index (κ1) is 50.1. The van der Waals surface area contributed by atoms with Gasteiger partial charge in [0.15, 0.2) is 0 Å². The topological polar surface area (TPSA) is 9.86 Å². The van der Waals surface area contributed by atoms with Gasteiger partial charge >= 0.3 is 0 Å². The third-order valence-electron chi connectivity index (χ3n) is 18.6. The van der Waals surface area contributed by atoms with Crippen LogP contribution in [0.25, 0.3) is 99.5 Å². The lowest BCUT2D eigenvalue weighted by atomic mass is 9.31. The maximum atomic E-state index is 2.71. The molecule has 0 spiro atoms. The molecule has 0 saturated carbocycles. The summed E-state index contributed by atoms with van der Waals surface area (Å²) in [7, 11) is 0. The molecule has 0 fully saturated rings. The van der Waals surface area contributed by atoms with Crippen LogP contribution in [0.3, 0.4) is 0 Å². The van der Waals surface area contributed by atoms with E-state index in [-0.39, 0.29) is 13.4 Å². The molecule has 11 aromatic carbocycles. The van der Waals surface area contributed by atoms with E-state index in [9.17, 15) is 0 Å². The van der Waals surface area contributed by atoms with Crippen molar-refractivity contribution >= 4 is 89.8 Å². The number of rotatable bonds is 10. The second-order valence-corrected chi connectivity index (χ2v) is 24.6. The van der Waals surface area contributed by atoms with Crippen molar-refractivity contribution in [3.05, 3.63) is 253 Å². The van der Waals surface area contributed by atoms with Crippen LogP contribution in [-0.2, 0) is 0 Å². The summed E-state index contributed by atoms with van der Waals surface area (Å²) in [6.07, 6.45) is 0. The van der Waals surface area contributed by atoms with Crippen LogP contribution in [0.15, 0.2) is 231 Å². The molecule has 2 aliphatic heterocycles. The van der Waals surface area contributed by atoms with Gasteiger partial charge in [-0.25, -0.2) is 0 Å². The normalized spacial score (nSPS) is 12.8. The van der Waals surface area contributed by atoms with Crippen LogP contribution >= 0.6 is 0 Å². The number of hydrogen-bond donors (Lipinski definition) is 0. The molecule has 13 aromatic rings. The SMILES string of the molecule is CC(C)c1cccc(C(C)C)c1B1c2cc3c(cc2-n2c4ccc(-c5ccccc5)cc4c4c(-c5ccccc5)ccc1c42)B(c1c(C(C)C)cccc1C(C)C)c1ccc(-c2ccccc2)c2c4cc(-c5ccccc5)ccc4n-3c12. The van der Waals surface area contributed by atoms with Crippen LogP contribution in [0.4, 0.5) is 0 Å². The van der Waals surface area contributed by atoms with Gasteiger partial charge in [-0.2, -0.15) is 0 Å². The van der Waals surface area contributed by atoms with Gasteiger partial charge in [0.2, 0.25) is 13.4 Å². The molecule has 2 aliphatic rings. The first-order valence-corrected chi connectivity index (χ1v) is 29.9. The van der Waals surface area contributed by atoms with E-state index in [0.717, 1.165) is 0 Å². The first-order chi connectivity index (χ1) is 40.0. The van der Waals surface area contributed by atoms with Gasteiger partial charge in [0, 0.05) is 44.0 Å². The second-order valence-electron chi connectivity index (χ2n) is 24.6. The van der Waals surface area contributed by atoms with E-state index in [1.54, 1.807) is 0 Å². The van der Waals surface area contributed by atoms with Crippen molar-refractivity contribution < 1.29 is 0 Å². The maximum Gasteiger partial charge on any atom is 0.247 e. The summed E-state index contributed by atoms with van der Waals surface area (Å²) in [5, 5.41) is 5.18. The van der Waals surface area contributed by atoms with Crippen LogP contribution in [-0.4, -0.2) is 22.6 Å². The Morgan fingerprint density at radius 2 is 0.610 bits per heavy atom. The molecule has 2 aromatic heterocycles. The number of fused-ring (bicyclic) bond motifs is 10. The quantitative estimate of drug-likeness (QED) is 0.121. The zero-order valence-electron chi connectivity index (χ0n) is 48.3. The minimum absolute atomic E-state index is 0.0688. The summed E-state index contributed by atoms with van der Waals surface area (Å²) in [5.41, 5.74) is 31.5. The van der Waals surface area contributed by atoms with Crippen molar-refractivity contribution in [1.29, 1.82) is 0 Å². The third kappa shape index (κ3) is 7.56. The molecular weight excluding hydrogens is 986 g/mol. The van der Waals surface area contributed by atoms with Gasteiger partial charge in [-0.15, -0.1) is 0 Å². The molecule has 4 heterocycles. The minimum Gasteiger partial charge on any atom is -0.310 e. The number of benzene rings is 11. The second kappa shape index (κ2) is 19.4. The standard InChI is InChI=1S/C78H66B2N2/c1-47(2)57-31-21-32-58(48(3)4)75(57)79-65-39-37-61(53-27-17-11-18-28-53)73-63-43-55(51-23-13-9-14-24-51)35-41-69(63)81(77(65)73)71-46-68-72(45-67(71)79)82-70-42-36-56(52-25-15-10-16-26-52)44-64(70)74-62(54-29-19-12-20-30-54)38-40-66(78(74)82)80(68)76-59(49(5)6)33-22-34-60(76)50(7)8/h9-50H,1-8H3. The molecule has 82 heavy (non-hydrogen) atoms. The minimum atomic E-state index is -0.0688. The third-order valence-corrected chi connectivity index (χ3v) is 18.6. The highest BCUT2D eigenvalue weighted by Crippen LogP contribution is 2.45. The number of nitrogens with zero attached hydrogens (tertiary/aromatic N) is 2. The maximum absolute atomic E-state index is 2.71. The van der Waals surface area contributed by atoms with Crippen LogP contribution < -0.4 is 32.8 Å². The van der Waals surface area contributed by atoms with Gasteiger partial charge in [-0.1, -0.05) is 260 Å². The Morgan fingerprint density at radius 3 is 0.939 bits per heavy atom. The Bertz CT molecular complexity index is 4330. The van der Waals surface area contributed by atoms with Crippen molar-refractivity contribution in [2.45, 2.75) is 79.1 Å². The summed E-state index contributed by atoms with van der Waals surface area (Å²) in [5.74, 6) is 1.21. The summed E-state index contributed by atoms with van der Waals surface area (Å²) in [6.45, 7) is 19.0. The molecule has 15 rings (SSSR count). The molecule has 2 nitrogen and oxygen atoms in total. The van der Waals surface area contributed by atoms with Gasteiger partial charge in [0.1, 0.15) is 0 Å². The van der Waals surface area contributed by atoms with E-state index in [1.165, 1.54) is 155 Å². The van der Waals surface area contributed by atoms with Crippen LogP contribution in [0.5, 0.6) is 0 Å². The Balaban J connectivity index is 1.16. The van der Waals surface area contributed by atoms with E-state index >= 15 is 0 Å². The van der Waals surface area contributed by atoms with Gasteiger partial charge in [-0.3, -0.25) is 0 Å². The highest BCUT2D eigenvalue weighted by atomic mass is 15.0.